The lowest BCUT2D eigenvalue weighted by molar-refractivity contribution is -0.136. The van der Waals surface area contributed by atoms with Gasteiger partial charge in [-0.1, -0.05) is 0 Å². The second-order valence-corrected chi connectivity index (χ2v) is 10.5. The zero-order chi connectivity index (χ0) is 20.1. The van der Waals surface area contributed by atoms with E-state index >= 15 is 0 Å². The number of carbonyl (C=O) groups is 1. The number of rotatable bonds is 3. The molecule has 4 heterocycles. The highest BCUT2D eigenvalue weighted by atomic mass is 32.2. The molecule has 2 fully saturated rings. The van der Waals surface area contributed by atoms with Gasteiger partial charge in [0.15, 0.2) is 9.84 Å². The maximum absolute atomic E-state index is 13.6. The number of piperidine rings is 1. The predicted octanol–water partition coefficient (Wildman–Crippen LogP) is 1.86. The normalized spacial score (nSPS) is 30.3. The van der Waals surface area contributed by atoms with Crippen LogP contribution in [0.3, 0.4) is 0 Å². The van der Waals surface area contributed by atoms with E-state index < -0.39 is 28.2 Å². The summed E-state index contributed by atoms with van der Waals surface area (Å²) >= 11 is 0. The van der Waals surface area contributed by atoms with E-state index in [4.69, 9.17) is 0 Å². The Hall–Kier alpha value is -1.71. The van der Waals surface area contributed by atoms with Crippen LogP contribution in [0, 0.1) is 18.8 Å². The van der Waals surface area contributed by atoms with Crippen molar-refractivity contribution in [3.63, 3.8) is 0 Å². The van der Waals surface area contributed by atoms with Crippen LogP contribution in [0.2, 0.25) is 0 Å². The number of halogens is 2. The van der Waals surface area contributed by atoms with Crippen LogP contribution in [-0.4, -0.2) is 66.1 Å². The van der Waals surface area contributed by atoms with E-state index in [1.54, 1.807) is 17.9 Å². The summed E-state index contributed by atoms with van der Waals surface area (Å²) in [5, 5.41) is 7.56. The summed E-state index contributed by atoms with van der Waals surface area (Å²) in [6.45, 7) is 2.89. The van der Waals surface area contributed by atoms with Gasteiger partial charge in [0.05, 0.1) is 23.1 Å². The highest BCUT2D eigenvalue weighted by molar-refractivity contribution is 7.91. The Bertz CT molecular complexity index is 849. The molecule has 0 saturated carbocycles. The smallest absolute Gasteiger partial charge is 0.260 e. The van der Waals surface area contributed by atoms with Crippen LogP contribution in [0.1, 0.15) is 37.4 Å². The average molecular weight is 416 g/mol. The molecular weight excluding hydrogens is 390 g/mol. The van der Waals surface area contributed by atoms with Crippen molar-refractivity contribution in [3.05, 3.63) is 11.8 Å². The predicted molar refractivity (Wildman–Crippen MR) is 100 cm³/mol. The van der Waals surface area contributed by atoms with Crippen molar-refractivity contribution in [3.8, 4) is 0 Å². The zero-order valence-corrected chi connectivity index (χ0v) is 16.7. The summed E-state index contributed by atoms with van der Waals surface area (Å²) in [5.74, 6) is 0.379. The number of sulfone groups is 1. The van der Waals surface area contributed by atoms with Crippen molar-refractivity contribution in [2.24, 2.45) is 11.8 Å². The number of hydrogen-bond donors (Lipinski definition) is 1. The molecule has 7 nitrogen and oxygen atoms in total. The van der Waals surface area contributed by atoms with Gasteiger partial charge in [-0.05, 0) is 38.5 Å². The second-order valence-electron chi connectivity index (χ2n) is 8.27. The summed E-state index contributed by atoms with van der Waals surface area (Å²) in [4.78, 5) is 14.4. The van der Waals surface area contributed by atoms with E-state index in [2.05, 4.69) is 10.4 Å². The van der Waals surface area contributed by atoms with Gasteiger partial charge in [0.1, 0.15) is 11.9 Å². The van der Waals surface area contributed by atoms with Crippen LogP contribution >= 0.6 is 0 Å². The Kier molecular flexibility index (Phi) is 5.09. The number of fused-ring (bicyclic) bond motifs is 1. The minimum atomic E-state index is -3.08. The third-order valence-corrected chi connectivity index (χ3v) is 8.06. The van der Waals surface area contributed by atoms with Gasteiger partial charge in [-0.3, -0.25) is 4.79 Å². The number of alkyl halides is 2. The van der Waals surface area contributed by atoms with E-state index in [0.717, 1.165) is 12.8 Å². The van der Waals surface area contributed by atoms with Gasteiger partial charge in [0, 0.05) is 25.2 Å². The number of carbonyl (C=O) groups excluding carboxylic acids is 1. The monoisotopic (exact) mass is 416 g/mol. The molecule has 1 N–H and O–H groups in total. The highest BCUT2D eigenvalue weighted by Gasteiger charge is 2.40. The van der Waals surface area contributed by atoms with E-state index in [-0.39, 0.29) is 29.4 Å². The standard InChI is InChI=1S/C18H26F2N4O3S/c1-11-8-16-21-14(9-15(17(19)20)24(16)22-11)12-2-5-23(6-3-12)18(25)13-4-7-28(26,27)10-13/h8,12-15,17,21H,2-7,9-10H2,1H3/t13?,14-,15+/m0/s1. The molecule has 1 unspecified atom stereocenters. The third-order valence-electron chi connectivity index (χ3n) is 6.29. The number of hydrogen-bond acceptors (Lipinski definition) is 5. The summed E-state index contributed by atoms with van der Waals surface area (Å²) < 4.78 is 51.8. The first-order valence-corrected chi connectivity index (χ1v) is 11.7. The number of anilines is 1. The van der Waals surface area contributed by atoms with Crippen molar-refractivity contribution < 1.29 is 22.0 Å². The maximum atomic E-state index is 13.6. The Morgan fingerprint density at radius 2 is 2.00 bits per heavy atom. The number of aryl methyl sites for hydroxylation is 1. The first-order valence-electron chi connectivity index (χ1n) is 9.83. The van der Waals surface area contributed by atoms with Crippen molar-refractivity contribution in [1.29, 1.82) is 0 Å². The van der Waals surface area contributed by atoms with E-state index in [1.807, 2.05) is 0 Å². The SMILES string of the molecule is Cc1cc2n(n1)[C@@H](C(F)F)C[C@@H](C1CCN(C(=O)C3CCS(=O)(=O)C3)CC1)N2. The Balaban J connectivity index is 1.38. The molecule has 10 heteroatoms. The second kappa shape index (κ2) is 7.27. The Labute approximate surface area is 163 Å². The Morgan fingerprint density at radius 3 is 2.61 bits per heavy atom. The van der Waals surface area contributed by atoms with Gasteiger partial charge in [0.2, 0.25) is 5.91 Å². The van der Waals surface area contributed by atoms with E-state index in [1.165, 1.54) is 4.68 Å². The summed E-state index contributed by atoms with van der Waals surface area (Å²) in [6.07, 6.45) is -0.304. The molecule has 28 heavy (non-hydrogen) atoms. The van der Waals surface area contributed by atoms with Gasteiger partial charge in [0.25, 0.3) is 6.43 Å². The van der Waals surface area contributed by atoms with Crippen molar-refractivity contribution in [2.45, 2.75) is 51.1 Å². The van der Waals surface area contributed by atoms with E-state index in [0.29, 0.717) is 37.4 Å². The van der Waals surface area contributed by atoms with Crippen LogP contribution < -0.4 is 5.32 Å². The molecule has 3 aliphatic rings. The third kappa shape index (κ3) is 3.75. The fourth-order valence-corrected chi connectivity index (χ4v) is 6.51. The molecule has 0 bridgehead atoms. The fourth-order valence-electron chi connectivity index (χ4n) is 4.78. The molecule has 0 aromatic carbocycles. The molecule has 3 aliphatic heterocycles. The molecule has 0 aliphatic carbocycles. The van der Waals surface area contributed by atoms with E-state index in [9.17, 15) is 22.0 Å². The summed E-state index contributed by atoms with van der Waals surface area (Å²) in [7, 11) is -3.08. The number of amides is 1. The van der Waals surface area contributed by atoms with Crippen molar-refractivity contribution in [2.75, 3.05) is 29.9 Å². The van der Waals surface area contributed by atoms with Crippen molar-refractivity contribution >= 4 is 21.6 Å². The molecule has 2 saturated heterocycles. The number of likely N-dealkylation sites (tertiary alicyclic amines) is 1. The lowest BCUT2D eigenvalue weighted by atomic mass is 9.84. The van der Waals surface area contributed by atoms with Crippen LogP contribution in [0.15, 0.2) is 6.07 Å². The maximum Gasteiger partial charge on any atom is 0.260 e. The number of aromatic nitrogens is 2. The van der Waals surface area contributed by atoms with Crippen LogP contribution in [0.4, 0.5) is 14.6 Å². The van der Waals surface area contributed by atoms with Crippen molar-refractivity contribution in [1.82, 2.24) is 14.7 Å². The molecule has 0 radical (unpaired) electrons. The Morgan fingerprint density at radius 1 is 1.29 bits per heavy atom. The van der Waals surface area contributed by atoms with Gasteiger partial charge in [-0.15, -0.1) is 0 Å². The van der Waals surface area contributed by atoms with Crippen LogP contribution in [0.5, 0.6) is 0 Å². The molecule has 1 amide bonds. The molecule has 156 valence electrons. The molecule has 3 atom stereocenters. The summed E-state index contributed by atoms with van der Waals surface area (Å²) in [6, 6.07) is 0.783. The first-order chi connectivity index (χ1) is 13.2. The van der Waals surface area contributed by atoms with Gasteiger partial charge < -0.3 is 10.2 Å². The molecule has 4 rings (SSSR count). The summed E-state index contributed by atoms with van der Waals surface area (Å²) in [5.41, 5.74) is 0.709. The lowest BCUT2D eigenvalue weighted by Crippen LogP contribution is -2.47. The van der Waals surface area contributed by atoms with Gasteiger partial charge in [-0.2, -0.15) is 5.10 Å². The quantitative estimate of drug-likeness (QED) is 0.813. The van der Waals surface area contributed by atoms with Crippen LogP contribution in [-0.2, 0) is 14.6 Å². The average Bonchev–Trinajstić information content (AvgIpc) is 3.21. The van der Waals surface area contributed by atoms with Gasteiger partial charge in [-0.25, -0.2) is 21.9 Å². The minimum absolute atomic E-state index is 0.0463. The molecule has 1 aromatic heterocycles. The topological polar surface area (TPSA) is 84.3 Å². The van der Waals surface area contributed by atoms with Crippen LogP contribution in [0.25, 0.3) is 0 Å². The number of nitrogens with zero attached hydrogens (tertiary/aromatic N) is 3. The highest BCUT2D eigenvalue weighted by Crippen LogP contribution is 2.37. The fraction of sp³-hybridized carbons (Fsp3) is 0.778. The first kappa shape index (κ1) is 19.6. The molecule has 0 spiro atoms. The number of nitrogens with one attached hydrogen (secondary N) is 1. The zero-order valence-electron chi connectivity index (χ0n) is 15.9. The molecular formula is C18H26F2N4O3S. The largest absolute Gasteiger partial charge is 0.367 e. The van der Waals surface area contributed by atoms with Gasteiger partial charge >= 0.3 is 0 Å². The lowest BCUT2D eigenvalue weighted by Gasteiger charge is -2.41. The minimum Gasteiger partial charge on any atom is -0.367 e. The molecule has 1 aromatic rings.